The van der Waals surface area contributed by atoms with E-state index < -0.39 is 0 Å². The average molecular weight is 174 g/mol. The van der Waals surface area contributed by atoms with Crippen LogP contribution in [0.15, 0.2) is 12.7 Å². The van der Waals surface area contributed by atoms with Gasteiger partial charge in [-0.1, -0.05) is 0 Å². The van der Waals surface area contributed by atoms with E-state index in [4.69, 9.17) is 0 Å². The first-order valence-electron chi connectivity index (χ1n) is 5.42. The van der Waals surface area contributed by atoms with Crippen molar-refractivity contribution in [2.45, 2.75) is 11.5 Å². The molecule has 1 aliphatic heterocycles. The van der Waals surface area contributed by atoms with Crippen molar-refractivity contribution >= 4 is 17.7 Å². The summed E-state index contributed by atoms with van der Waals surface area (Å²) in [4.78, 5) is 5.04. The Bertz CT molecular complexity index is 142. The van der Waals surface area contributed by atoms with Crippen LogP contribution in [0.2, 0.25) is 5.09 Å². The summed E-state index contributed by atoms with van der Waals surface area (Å²) in [6.07, 6.45) is 3.35. The molecule has 0 bridgehead atoms. The van der Waals surface area contributed by atoms with Gasteiger partial charge in [0.05, 0.1) is 0 Å². The fourth-order valence-electron chi connectivity index (χ4n) is 1.76. The maximum absolute atomic E-state index is 3.77. The average Bonchev–Trinajstić information content (AvgIpc) is 2.17. The Kier molecular flexibility index (Phi) is 5.82. The molecular weight excluding hydrogens is 155 g/mol. The molecule has 13 heavy (non-hydrogen) atoms. The van der Waals surface area contributed by atoms with Crippen molar-refractivity contribution in [1.29, 1.82) is 0 Å². The van der Waals surface area contributed by atoms with Gasteiger partial charge in [-0.05, 0) is 0 Å². The van der Waals surface area contributed by atoms with Crippen LogP contribution in [0.25, 0.3) is 0 Å². The van der Waals surface area contributed by atoms with Crippen molar-refractivity contribution in [3.05, 3.63) is 12.7 Å². The van der Waals surface area contributed by atoms with Crippen LogP contribution in [-0.4, -0.2) is 66.8 Å². The minimum absolute atomic E-state index is 1.06. The Labute approximate surface area is 91.2 Å². The van der Waals surface area contributed by atoms with Gasteiger partial charge < -0.3 is 0 Å². The van der Waals surface area contributed by atoms with Gasteiger partial charge in [0.2, 0.25) is 0 Å². The molecule has 0 aromatic heterocycles. The zero-order valence-electron chi connectivity index (χ0n) is 8.84. The Balaban J connectivity index is 2.11. The second-order valence-corrected chi connectivity index (χ2v) is 3.78. The van der Waals surface area contributed by atoms with Crippen molar-refractivity contribution in [2.75, 3.05) is 39.3 Å². The Morgan fingerprint density at radius 3 is 2.31 bits per heavy atom. The van der Waals surface area contributed by atoms with Gasteiger partial charge in [0.25, 0.3) is 0 Å². The molecule has 1 aliphatic rings. The van der Waals surface area contributed by atoms with Gasteiger partial charge in [-0.2, -0.15) is 0 Å². The fourth-order valence-corrected chi connectivity index (χ4v) is 1.76. The SMILES string of the molecule is [Li][CH2]CCN1CCN(CC=C)CC1. The summed E-state index contributed by atoms with van der Waals surface area (Å²) in [5, 5.41) is 1.31. The van der Waals surface area contributed by atoms with Crippen LogP contribution in [0, 0.1) is 0 Å². The van der Waals surface area contributed by atoms with E-state index in [1.165, 1.54) is 44.2 Å². The van der Waals surface area contributed by atoms with Crippen LogP contribution in [0.1, 0.15) is 6.42 Å². The molecule has 0 N–H and O–H groups in total. The van der Waals surface area contributed by atoms with Crippen LogP contribution in [0.4, 0.5) is 0 Å². The predicted octanol–water partition coefficient (Wildman–Crippen LogP) is 0.767. The van der Waals surface area contributed by atoms with E-state index in [-0.39, 0.29) is 0 Å². The third-order valence-corrected chi connectivity index (χ3v) is 2.68. The monoisotopic (exact) mass is 174 g/mol. The Morgan fingerprint density at radius 1 is 1.15 bits per heavy atom. The first kappa shape index (κ1) is 11.3. The first-order valence-corrected chi connectivity index (χ1v) is 5.42. The molecule has 0 aromatic rings. The molecule has 0 atom stereocenters. The zero-order chi connectivity index (χ0) is 9.52. The number of hydrogen-bond donors (Lipinski definition) is 0. The van der Waals surface area contributed by atoms with Crippen molar-refractivity contribution in [3.8, 4) is 0 Å². The van der Waals surface area contributed by atoms with Crippen molar-refractivity contribution in [3.63, 3.8) is 0 Å². The van der Waals surface area contributed by atoms with Crippen molar-refractivity contribution in [2.24, 2.45) is 0 Å². The van der Waals surface area contributed by atoms with Gasteiger partial charge in [-0.3, -0.25) is 0 Å². The van der Waals surface area contributed by atoms with Crippen molar-refractivity contribution in [1.82, 2.24) is 9.80 Å². The van der Waals surface area contributed by atoms with Crippen LogP contribution in [0.5, 0.6) is 0 Å². The van der Waals surface area contributed by atoms with Gasteiger partial charge in [-0.25, -0.2) is 0 Å². The number of piperazine rings is 1. The summed E-state index contributed by atoms with van der Waals surface area (Å²) in [6.45, 7) is 11.0. The number of hydrogen-bond acceptors (Lipinski definition) is 2. The zero-order valence-corrected chi connectivity index (χ0v) is 8.84. The molecule has 0 spiro atoms. The first-order chi connectivity index (χ1) is 6.36. The normalized spacial score (nSPS) is 20.5. The summed E-state index contributed by atoms with van der Waals surface area (Å²) < 4.78 is 0. The summed E-state index contributed by atoms with van der Waals surface area (Å²) >= 11 is 2.26. The molecule has 70 valence electrons. The minimum atomic E-state index is 1.06. The molecule has 0 radical (unpaired) electrons. The molecule has 2 nitrogen and oxygen atoms in total. The topological polar surface area (TPSA) is 6.48 Å². The van der Waals surface area contributed by atoms with Crippen LogP contribution >= 0.6 is 0 Å². The van der Waals surface area contributed by atoms with Crippen molar-refractivity contribution < 1.29 is 0 Å². The van der Waals surface area contributed by atoms with Gasteiger partial charge in [0.15, 0.2) is 0 Å². The summed E-state index contributed by atoms with van der Waals surface area (Å²) in [5.41, 5.74) is 0. The molecule has 0 unspecified atom stereocenters. The number of nitrogens with zero attached hydrogens (tertiary/aromatic N) is 2. The van der Waals surface area contributed by atoms with E-state index in [2.05, 4.69) is 34.1 Å². The summed E-state index contributed by atoms with van der Waals surface area (Å²) in [7, 11) is 0. The van der Waals surface area contributed by atoms with E-state index in [9.17, 15) is 0 Å². The van der Waals surface area contributed by atoms with Gasteiger partial charge in [0.1, 0.15) is 0 Å². The summed E-state index contributed by atoms with van der Waals surface area (Å²) in [5.74, 6) is 0. The number of rotatable bonds is 5. The third-order valence-electron chi connectivity index (χ3n) is 2.68. The maximum atomic E-state index is 3.77. The quantitative estimate of drug-likeness (QED) is 0.448. The molecule has 3 heteroatoms. The standard InChI is InChI=1S/C10H19N2.Li/c1-3-5-11-7-9-12(6-4-2)10-8-11;/h3H,1-2,4-10H2;. The molecular formula is C10H19LiN2. The van der Waals surface area contributed by atoms with Crippen LogP contribution in [-0.2, 0) is 0 Å². The van der Waals surface area contributed by atoms with E-state index in [0.29, 0.717) is 0 Å². The molecule has 0 aromatic carbocycles. The van der Waals surface area contributed by atoms with E-state index in [1.54, 1.807) is 0 Å². The molecule has 0 aliphatic carbocycles. The molecule has 1 fully saturated rings. The molecule has 1 rings (SSSR count). The fraction of sp³-hybridized carbons (Fsp3) is 0.800. The predicted molar refractivity (Wildman–Crippen MR) is 58.3 cm³/mol. The van der Waals surface area contributed by atoms with E-state index >= 15 is 0 Å². The second kappa shape index (κ2) is 6.67. The van der Waals surface area contributed by atoms with Gasteiger partial charge in [0, 0.05) is 0 Å². The Morgan fingerprint density at radius 2 is 1.77 bits per heavy atom. The molecule has 0 saturated carbocycles. The molecule has 1 saturated heterocycles. The van der Waals surface area contributed by atoms with E-state index in [0.717, 1.165) is 6.54 Å². The van der Waals surface area contributed by atoms with Gasteiger partial charge >= 0.3 is 91.0 Å². The summed E-state index contributed by atoms with van der Waals surface area (Å²) in [6, 6.07) is 0. The van der Waals surface area contributed by atoms with Crippen LogP contribution in [0.3, 0.4) is 0 Å². The van der Waals surface area contributed by atoms with E-state index in [1.807, 2.05) is 6.08 Å². The second-order valence-electron chi connectivity index (χ2n) is 3.78. The van der Waals surface area contributed by atoms with Crippen LogP contribution < -0.4 is 0 Å². The molecule has 1 heterocycles. The van der Waals surface area contributed by atoms with Gasteiger partial charge in [-0.15, -0.1) is 0 Å². The third kappa shape index (κ3) is 4.33. The Hall–Kier alpha value is 0.257. The molecule has 0 amide bonds.